The van der Waals surface area contributed by atoms with E-state index < -0.39 is 6.04 Å². The SMILES string of the molecule is C[C@H](Nc1nc(N)nc(N)c1C#N)C(=Nc1cccc(Cl)c1C=O)N(C)c1ccc(N)nc1. The smallest absolute Gasteiger partial charge is 0.224 e. The number of nitrogens with zero attached hydrogens (tertiary/aromatic N) is 6. The zero-order valence-electron chi connectivity index (χ0n) is 17.8. The lowest BCUT2D eigenvalue weighted by Crippen LogP contribution is -2.40. The van der Waals surface area contributed by atoms with Crippen molar-refractivity contribution in [2.75, 3.05) is 34.5 Å². The molecule has 0 bridgehead atoms. The van der Waals surface area contributed by atoms with Crippen LogP contribution in [0.3, 0.4) is 0 Å². The Bertz CT molecular complexity index is 1250. The lowest BCUT2D eigenvalue weighted by Gasteiger charge is -2.27. The van der Waals surface area contributed by atoms with Gasteiger partial charge in [0.15, 0.2) is 12.1 Å². The van der Waals surface area contributed by atoms with Gasteiger partial charge in [-0.05, 0) is 31.2 Å². The molecule has 11 nitrogen and oxygen atoms in total. The highest BCUT2D eigenvalue weighted by atomic mass is 35.5. The van der Waals surface area contributed by atoms with Crippen molar-refractivity contribution in [1.82, 2.24) is 15.0 Å². The fourth-order valence-corrected chi connectivity index (χ4v) is 3.25. The van der Waals surface area contributed by atoms with E-state index in [9.17, 15) is 10.1 Å². The first kappa shape index (κ1) is 23.2. The molecule has 1 aromatic carbocycles. The number of rotatable bonds is 6. The fraction of sp³-hybridized carbons (Fsp3) is 0.143. The lowest BCUT2D eigenvalue weighted by molar-refractivity contribution is 0.112. The summed E-state index contributed by atoms with van der Waals surface area (Å²) < 4.78 is 0. The monoisotopic (exact) mass is 464 g/mol. The molecule has 0 fully saturated rings. The maximum absolute atomic E-state index is 11.6. The highest BCUT2D eigenvalue weighted by Gasteiger charge is 2.21. The molecule has 12 heteroatoms. The minimum atomic E-state index is -0.549. The number of aliphatic imine (C=N–C) groups is 1. The fourth-order valence-electron chi connectivity index (χ4n) is 3.03. The van der Waals surface area contributed by atoms with Crippen LogP contribution in [0.15, 0.2) is 41.5 Å². The molecule has 0 unspecified atom stereocenters. The van der Waals surface area contributed by atoms with Gasteiger partial charge in [0.05, 0.1) is 34.2 Å². The first-order chi connectivity index (χ1) is 15.7. The number of hydrogen-bond donors (Lipinski definition) is 4. The van der Waals surface area contributed by atoms with Gasteiger partial charge in [0.1, 0.15) is 29.1 Å². The first-order valence-electron chi connectivity index (χ1n) is 9.62. The van der Waals surface area contributed by atoms with E-state index in [0.717, 1.165) is 0 Å². The molecule has 3 rings (SSSR count). The second kappa shape index (κ2) is 9.80. The number of anilines is 5. The Labute approximate surface area is 194 Å². The molecule has 168 valence electrons. The van der Waals surface area contributed by atoms with Crippen molar-refractivity contribution >= 4 is 58.5 Å². The van der Waals surface area contributed by atoms with Crippen molar-refractivity contribution in [2.24, 2.45) is 4.99 Å². The van der Waals surface area contributed by atoms with E-state index in [1.54, 1.807) is 55.4 Å². The predicted octanol–water partition coefficient (Wildman–Crippen LogP) is 2.62. The normalized spacial score (nSPS) is 12.0. The summed E-state index contributed by atoms with van der Waals surface area (Å²) in [5.41, 5.74) is 18.6. The summed E-state index contributed by atoms with van der Waals surface area (Å²) in [4.78, 5) is 30.1. The summed E-state index contributed by atoms with van der Waals surface area (Å²) in [6.07, 6.45) is 2.22. The number of pyridine rings is 1. The first-order valence-corrected chi connectivity index (χ1v) is 10.00. The highest BCUT2D eigenvalue weighted by Crippen LogP contribution is 2.27. The van der Waals surface area contributed by atoms with Crippen molar-refractivity contribution in [3.05, 3.63) is 52.7 Å². The van der Waals surface area contributed by atoms with Crippen LogP contribution in [0.2, 0.25) is 5.02 Å². The van der Waals surface area contributed by atoms with Crippen LogP contribution < -0.4 is 27.4 Å². The van der Waals surface area contributed by atoms with E-state index in [1.807, 2.05) is 6.07 Å². The number of likely N-dealkylation sites (N-methyl/N-ethyl adjacent to an activating group) is 1. The third kappa shape index (κ3) is 5.08. The van der Waals surface area contributed by atoms with E-state index in [2.05, 4.69) is 20.3 Å². The Morgan fingerprint density at radius 2 is 2.03 bits per heavy atom. The van der Waals surface area contributed by atoms with Crippen LogP contribution in [-0.2, 0) is 0 Å². The van der Waals surface area contributed by atoms with Crippen molar-refractivity contribution in [2.45, 2.75) is 13.0 Å². The van der Waals surface area contributed by atoms with E-state index in [1.165, 1.54) is 0 Å². The molecule has 0 aliphatic rings. The largest absolute Gasteiger partial charge is 0.384 e. The van der Waals surface area contributed by atoms with Gasteiger partial charge in [0.25, 0.3) is 0 Å². The lowest BCUT2D eigenvalue weighted by atomic mass is 10.2. The Morgan fingerprint density at radius 3 is 2.67 bits per heavy atom. The maximum Gasteiger partial charge on any atom is 0.224 e. The highest BCUT2D eigenvalue weighted by molar-refractivity contribution is 6.33. The zero-order chi connectivity index (χ0) is 24.1. The number of carbonyl (C=O) groups excluding carboxylic acids is 1. The second-order valence-electron chi connectivity index (χ2n) is 6.93. The van der Waals surface area contributed by atoms with E-state index in [0.29, 0.717) is 29.3 Å². The number of benzene rings is 1. The Morgan fingerprint density at radius 1 is 1.27 bits per heavy atom. The number of amidine groups is 1. The van der Waals surface area contributed by atoms with Crippen LogP contribution in [0.5, 0.6) is 0 Å². The number of halogens is 1. The van der Waals surface area contributed by atoms with E-state index in [-0.39, 0.29) is 33.7 Å². The number of nitrogens with one attached hydrogen (secondary N) is 1. The van der Waals surface area contributed by atoms with Gasteiger partial charge in [-0.15, -0.1) is 0 Å². The predicted molar refractivity (Wildman–Crippen MR) is 130 cm³/mol. The number of nitrogen functional groups attached to an aromatic ring is 3. The van der Waals surface area contributed by atoms with Crippen LogP contribution in [0.4, 0.5) is 34.8 Å². The van der Waals surface area contributed by atoms with Gasteiger partial charge in [0, 0.05) is 7.05 Å². The zero-order valence-corrected chi connectivity index (χ0v) is 18.6. The van der Waals surface area contributed by atoms with Crippen LogP contribution in [0.25, 0.3) is 0 Å². The van der Waals surface area contributed by atoms with Crippen molar-refractivity contribution in [3.8, 4) is 6.07 Å². The number of aromatic nitrogens is 3. The number of carbonyl (C=O) groups is 1. The van der Waals surface area contributed by atoms with Crippen molar-refractivity contribution < 1.29 is 4.79 Å². The van der Waals surface area contributed by atoms with Gasteiger partial charge in [-0.2, -0.15) is 15.2 Å². The van der Waals surface area contributed by atoms with Gasteiger partial charge < -0.3 is 27.4 Å². The quantitative estimate of drug-likeness (QED) is 0.240. The third-order valence-electron chi connectivity index (χ3n) is 4.69. The van der Waals surface area contributed by atoms with Gasteiger partial charge in [-0.1, -0.05) is 17.7 Å². The molecule has 0 aliphatic heterocycles. The molecular weight excluding hydrogens is 444 g/mol. The Hall–Kier alpha value is -4.43. The Balaban J connectivity index is 2.11. The molecule has 1 atom stereocenters. The van der Waals surface area contributed by atoms with Gasteiger partial charge in [-0.3, -0.25) is 4.79 Å². The number of nitrogens with two attached hydrogens (primary N) is 3. The number of aldehydes is 1. The van der Waals surface area contributed by atoms with Crippen LogP contribution >= 0.6 is 11.6 Å². The molecule has 2 heterocycles. The van der Waals surface area contributed by atoms with E-state index >= 15 is 0 Å². The third-order valence-corrected chi connectivity index (χ3v) is 5.02. The molecule has 0 spiro atoms. The topological polar surface area (TPSA) is 185 Å². The molecule has 7 N–H and O–H groups in total. The van der Waals surface area contributed by atoms with Crippen LogP contribution in [0, 0.1) is 11.3 Å². The molecule has 0 saturated heterocycles. The molecule has 0 saturated carbocycles. The van der Waals surface area contributed by atoms with Crippen molar-refractivity contribution in [3.63, 3.8) is 0 Å². The molecule has 0 radical (unpaired) electrons. The summed E-state index contributed by atoms with van der Waals surface area (Å²) in [5.74, 6) is 0.821. The van der Waals surface area contributed by atoms with Crippen LogP contribution in [-0.4, -0.2) is 40.2 Å². The average Bonchev–Trinajstić information content (AvgIpc) is 2.77. The average molecular weight is 465 g/mol. The molecule has 33 heavy (non-hydrogen) atoms. The summed E-state index contributed by atoms with van der Waals surface area (Å²) in [7, 11) is 1.77. The summed E-state index contributed by atoms with van der Waals surface area (Å²) in [6, 6.07) is 9.79. The summed E-state index contributed by atoms with van der Waals surface area (Å²) in [5, 5.41) is 12.9. The molecule has 0 amide bonds. The molecule has 0 aliphatic carbocycles. The summed E-state index contributed by atoms with van der Waals surface area (Å²) >= 11 is 6.18. The molecule has 2 aromatic heterocycles. The van der Waals surface area contributed by atoms with Gasteiger partial charge in [0.2, 0.25) is 5.95 Å². The van der Waals surface area contributed by atoms with Crippen LogP contribution in [0.1, 0.15) is 22.8 Å². The summed E-state index contributed by atoms with van der Waals surface area (Å²) in [6.45, 7) is 1.79. The Kier molecular flexibility index (Phi) is 6.90. The standard InChI is InChI=1S/C21H21ClN10O/c1-11(28-19-13(8-23)18(25)30-21(26)31-19)20(32(2)12-6-7-17(24)27-9-12)29-16-5-3-4-15(22)14(16)10-33/h3-7,9-11H,1-2H3,(H2,24,27)(H5,25,26,28,30,31)/t11-/m0/s1. The second-order valence-corrected chi connectivity index (χ2v) is 7.34. The molecule has 3 aromatic rings. The molecular formula is C21H21ClN10O. The minimum absolute atomic E-state index is 0.0449. The maximum atomic E-state index is 11.6. The van der Waals surface area contributed by atoms with Gasteiger partial charge >= 0.3 is 0 Å². The van der Waals surface area contributed by atoms with E-state index in [4.69, 9.17) is 33.8 Å². The van der Waals surface area contributed by atoms with Gasteiger partial charge in [-0.25, -0.2) is 9.98 Å². The number of nitriles is 1. The van der Waals surface area contributed by atoms with Crippen molar-refractivity contribution in [1.29, 1.82) is 5.26 Å². The minimum Gasteiger partial charge on any atom is -0.384 e. The number of hydrogen-bond acceptors (Lipinski definition) is 10.